The molecule has 0 unspecified atom stereocenters. The third kappa shape index (κ3) is 6.07. The smallest absolute Gasteiger partial charge is 0.341 e. The Morgan fingerprint density at radius 1 is 1.25 bits per heavy atom. The number of ether oxygens (including phenoxy) is 1. The Bertz CT molecular complexity index is 681. The van der Waals surface area contributed by atoms with Crippen LogP contribution in [0.15, 0.2) is 28.8 Å². The van der Waals surface area contributed by atoms with E-state index >= 15 is 0 Å². The Hall–Kier alpha value is -2.90. The molecule has 0 fully saturated rings. The highest BCUT2D eigenvalue weighted by Gasteiger charge is 2.07. The molecule has 1 heterocycles. The van der Waals surface area contributed by atoms with Crippen LogP contribution < -0.4 is 10.1 Å². The van der Waals surface area contributed by atoms with Gasteiger partial charge >= 0.3 is 5.97 Å². The molecule has 24 heavy (non-hydrogen) atoms. The molecular formula is C16H19N3O5. The van der Waals surface area contributed by atoms with Crippen LogP contribution in [-0.4, -0.2) is 40.3 Å². The van der Waals surface area contributed by atoms with E-state index < -0.39 is 5.97 Å². The van der Waals surface area contributed by atoms with Crippen LogP contribution in [0.3, 0.4) is 0 Å². The number of amides is 1. The van der Waals surface area contributed by atoms with Crippen molar-refractivity contribution in [3.63, 3.8) is 0 Å². The number of aliphatic carboxylic acids is 1. The number of nitrogens with one attached hydrogen (secondary N) is 1. The van der Waals surface area contributed by atoms with Gasteiger partial charge in [-0.2, -0.15) is 4.98 Å². The highest BCUT2D eigenvalue weighted by Crippen LogP contribution is 2.12. The number of aryl methyl sites for hydroxylation is 2. The fourth-order valence-electron chi connectivity index (χ4n) is 1.99. The summed E-state index contributed by atoms with van der Waals surface area (Å²) in [6.07, 6.45) is 1.39. The van der Waals surface area contributed by atoms with E-state index in [1.165, 1.54) is 0 Å². The average Bonchev–Trinajstić information content (AvgIpc) is 2.97. The summed E-state index contributed by atoms with van der Waals surface area (Å²) >= 11 is 0. The third-order valence-corrected chi connectivity index (χ3v) is 3.16. The number of carboxylic acids is 1. The second-order valence-corrected chi connectivity index (χ2v) is 5.16. The lowest BCUT2D eigenvalue weighted by Crippen LogP contribution is -2.25. The molecule has 0 atom stereocenters. The molecule has 0 aliphatic heterocycles. The maximum absolute atomic E-state index is 11.7. The second kappa shape index (κ2) is 8.66. The number of carbonyl (C=O) groups is 2. The predicted octanol–water partition coefficient (Wildman–Crippen LogP) is 1.13. The van der Waals surface area contributed by atoms with Crippen LogP contribution in [0, 0.1) is 6.92 Å². The molecule has 0 saturated heterocycles. The largest absolute Gasteiger partial charge is 0.482 e. The van der Waals surface area contributed by atoms with Gasteiger partial charge in [-0.3, -0.25) is 4.79 Å². The van der Waals surface area contributed by atoms with E-state index in [0.717, 1.165) is 5.56 Å². The second-order valence-electron chi connectivity index (χ2n) is 5.16. The summed E-state index contributed by atoms with van der Waals surface area (Å²) in [5, 5.41) is 15.0. The van der Waals surface area contributed by atoms with Gasteiger partial charge in [0.25, 0.3) is 0 Å². The lowest BCUT2D eigenvalue weighted by molar-refractivity contribution is -0.139. The lowest BCUT2D eigenvalue weighted by Gasteiger charge is -2.06. The van der Waals surface area contributed by atoms with Crippen LogP contribution in [0.5, 0.6) is 5.75 Å². The Morgan fingerprint density at radius 2 is 2.00 bits per heavy atom. The number of carboxylic acid groups (broad SMARTS) is 1. The SMILES string of the molecule is Cc1noc(CCC(=O)NCCc2ccc(OCC(=O)O)cc2)n1. The molecule has 0 aliphatic carbocycles. The molecule has 2 aromatic rings. The standard InChI is InChI=1S/C16H19N3O5/c1-11-18-15(24-19-11)7-6-14(20)17-9-8-12-2-4-13(5-3-12)23-10-16(21)22/h2-5H,6-10H2,1H3,(H,17,20)(H,21,22). The number of carbonyl (C=O) groups excluding carboxylic acids is 1. The molecule has 128 valence electrons. The minimum absolute atomic E-state index is 0.0766. The fraction of sp³-hybridized carbons (Fsp3) is 0.375. The molecule has 0 saturated carbocycles. The number of hydrogen-bond acceptors (Lipinski definition) is 6. The fourth-order valence-corrected chi connectivity index (χ4v) is 1.99. The van der Waals surface area contributed by atoms with E-state index in [4.69, 9.17) is 14.4 Å². The van der Waals surface area contributed by atoms with Crippen molar-refractivity contribution in [2.75, 3.05) is 13.2 Å². The number of benzene rings is 1. The molecular weight excluding hydrogens is 314 g/mol. The monoisotopic (exact) mass is 333 g/mol. The van der Waals surface area contributed by atoms with Crippen LogP contribution in [0.25, 0.3) is 0 Å². The Kier molecular flexibility index (Phi) is 6.30. The number of rotatable bonds is 9. The highest BCUT2D eigenvalue weighted by molar-refractivity contribution is 5.76. The molecule has 1 amide bonds. The molecule has 0 spiro atoms. The van der Waals surface area contributed by atoms with Crippen LogP contribution in [0.4, 0.5) is 0 Å². The summed E-state index contributed by atoms with van der Waals surface area (Å²) in [5.74, 6) is 0.422. The maximum Gasteiger partial charge on any atom is 0.341 e. The van der Waals surface area contributed by atoms with Crippen molar-refractivity contribution in [3.05, 3.63) is 41.5 Å². The minimum Gasteiger partial charge on any atom is -0.482 e. The summed E-state index contributed by atoms with van der Waals surface area (Å²) in [5.41, 5.74) is 1.02. The van der Waals surface area contributed by atoms with Gasteiger partial charge in [0.05, 0.1) is 0 Å². The van der Waals surface area contributed by atoms with E-state index in [-0.39, 0.29) is 12.5 Å². The summed E-state index contributed by atoms with van der Waals surface area (Å²) in [7, 11) is 0. The first-order valence-corrected chi connectivity index (χ1v) is 7.52. The highest BCUT2D eigenvalue weighted by atomic mass is 16.5. The summed E-state index contributed by atoms with van der Waals surface area (Å²) < 4.78 is 10.00. The van der Waals surface area contributed by atoms with E-state index in [9.17, 15) is 9.59 Å². The van der Waals surface area contributed by atoms with Crippen molar-refractivity contribution in [1.29, 1.82) is 0 Å². The summed E-state index contributed by atoms with van der Waals surface area (Å²) in [6.45, 7) is 1.87. The van der Waals surface area contributed by atoms with Crippen LogP contribution in [0.1, 0.15) is 23.7 Å². The summed E-state index contributed by atoms with van der Waals surface area (Å²) in [6, 6.07) is 7.09. The van der Waals surface area contributed by atoms with Gasteiger partial charge in [-0.1, -0.05) is 17.3 Å². The Labute approximate surface area is 138 Å². The van der Waals surface area contributed by atoms with Crippen molar-refractivity contribution in [1.82, 2.24) is 15.5 Å². The van der Waals surface area contributed by atoms with Crippen molar-refractivity contribution in [3.8, 4) is 5.75 Å². The molecule has 0 bridgehead atoms. The van der Waals surface area contributed by atoms with Gasteiger partial charge in [-0.15, -0.1) is 0 Å². The Morgan fingerprint density at radius 3 is 2.62 bits per heavy atom. The van der Waals surface area contributed by atoms with Crippen molar-refractivity contribution in [2.24, 2.45) is 0 Å². The molecule has 8 heteroatoms. The van der Waals surface area contributed by atoms with E-state index in [0.29, 0.717) is 43.3 Å². The topological polar surface area (TPSA) is 115 Å². The average molecular weight is 333 g/mol. The summed E-state index contributed by atoms with van der Waals surface area (Å²) in [4.78, 5) is 26.2. The first-order valence-electron chi connectivity index (χ1n) is 7.52. The van der Waals surface area contributed by atoms with Gasteiger partial charge in [0, 0.05) is 19.4 Å². The zero-order valence-electron chi connectivity index (χ0n) is 13.3. The van der Waals surface area contributed by atoms with Crippen molar-refractivity contribution < 1.29 is 24.0 Å². The number of aromatic nitrogens is 2. The molecule has 8 nitrogen and oxygen atoms in total. The van der Waals surface area contributed by atoms with Crippen LogP contribution in [0.2, 0.25) is 0 Å². The Balaban J connectivity index is 1.65. The van der Waals surface area contributed by atoms with Crippen LogP contribution >= 0.6 is 0 Å². The van der Waals surface area contributed by atoms with Crippen molar-refractivity contribution >= 4 is 11.9 Å². The number of hydrogen-bond donors (Lipinski definition) is 2. The molecule has 1 aromatic carbocycles. The molecule has 2 rings (SSSR count). The number of nitrogens with zero attached hydrogens (tertiary/aromatic N) is 2. The van der Waals surface area contributed by atoms with Gasteiger partial charge < -0.3 is 19.7 Å². The molecule has 0 radical (unpaired) electrons. The normalized spacial score (nSPS) is 10.4. The first-order chi connectivity index (χ1) is 11.5. The van der Waals surface area contributed by atoms with E-state index in [1.54, 1.807) is 19.1 Å². The third-order valence-electron chi connectivity index (χ3n) is 3.16. The van der Waals surface area contributed by atoms with Gasteiger partial charge in [-0.05, 0) is 31.0 Å². The first kappa shape index (κ1) is 17.5. The minimum atomic E-state index is -1.02. The van der Waals surface area contributed by atoms with Gasteiger partial charge in [-0.25, -0.2) is 4.79 Å². The molecule has 2 N–H and O–H groups in total. The predicted molar refractivity (Wildman–Crippen MR) is 83.6 cm³/mol. The lowest BCUT2D eigenvalue weighted by atomic mass is 10.1. The van der Waals surface area contributed by atoms with Gasteiger partial charge in [0.2, 0.25) is 11.8 Å². The zero-order chi connectivity index (χ0) is 17.4. The zero-order valence-corrected chi connectivity index (χ0v) is 13.3. The van der Waals surface area contributed by atoms with E-state index in [2.05, 4.69) is 15.5 Å². The quantitative estimate of drug-likeness (QED) is 0.707. The van der Waals surface area contributed by atoms with Gasteiger partial charge in [0.15, 0.2) is 12.4 Å². The van der Waals surface area contributed by atoms with Crippen molar-refractivity contribution in [2.45, 2.75) is 26.2 Å². The maximum atomic E-state index is 11.7. The van der Waals surface area contributed by atoms with Crippen LogP contribution in [-0.2, 0) is 22.4 Å². The van der Waals surface area contributed by atoms with Gasteiger partial charge in [0.1, 0.15) is 5.75 Å². The molecule has 1 aromatic heterocycles. The van der Waals surface area contributed by atoms with E-state index in [1.807, 2.05) is 12.1 Å². The molecule has 0 aliphatic rings.